The Labute approximate surface area is 141 Å². The number of amides is 1. The number of carbonyl (C=O) groups excluding carboxylic acids is 2. The average molecular weight is 349 g/mol. The fraction of sp³-hybridized carbons (Fsp3) is 0.214. The zero-order chi connectivity index (χ0) is 17.7. The first-order valence-electron chi connectivity index (χ1n) is 6.75. The van der Waals surface area contributed by atoms with Crippen molar-refractivity contribution in [3.05, 3.63) is 45.9 Å². The number of hydrogen-bond acceptors (Lipinski definition) is 8. The Morgan fingerprint density at radius 1 is 1.29 bits per heavy atom. The first-order chi connectivity index (χ1) is 11.4. The molecule has 0 bridgehead atoms. The maximum absolute atomic E-state index is 11.9. The Morgan fingerprint density at radius 2 is 1.96 bits per heavy atom. The third-order valence-electron chi connectivity index (χ3n) is 2.94. The molecule has 0 aliphatic heterocycles. The van der Waals surface area contributed by atoms with Gasteiger partial charge in [-0.3, -0.25) is 9.59 Å². The fourth-order valence-electron chi connectivity index (χ4n) is 1.70. The van der Waals surface area contributed by atoms with E-state index in [0.717, 1.165) is 16.4 Å². The van der Waals surface area contributed by atoms with E-state index in [4.69, 9.17) is 5.84 Å². The van der Waals surface area contributed by atoms with Crippen molar-refractivity contribution in [2.75, 3.05) is 24.0 Å². The number of rotatable bonds is 5. The van der Waals surface area contributed by atoms with Crippen LogP contribution in [0.2, 0.25) is 0 Å². The standard InChI is InChI=1S/C14H15N5O4S/c1-8-12(21)19(15)14(18-17-8)24-7-11(20)16-10-5-3-9(4-6-10)13(22)23-2/h3-6H,7,15H2,1-2H3,(H,16,20). The van der Waals surface area contributed by atoms with Crippen molar-refractivity contribution >= 4 is 29.3 Å². The molecule has 1 aromatic heterocycles. The van der Waals surface area contributed by atoms with Crippen LogP contribution in [0.3, 0.4) is 0 Å². The van der Waals surface area contributed by atoms with Crippen LogP contribution < -0.4 is 16.7 Å². The number of esters is 1. The maximum atomic E-state index is 11.9. The lowest BCUT2D eigenvalue weighted by molar-refractivity contribution is -0.113. The molecular weight excluding hydrogens is 334 g/mol. The minimum Gasteiger partial charge on any atom is -0.465 e. The molecule has 2 rings (SSSR count). The van der Waals surface area contributed by atoms with Crippen molar-refractivity contribution < 1.29 is 14.3 Å². The summed E-state index contributed by atoms with van der Waals surface area (Å²) in [6.45, 7) is 1.50. The van der Waals surface area contributed by atoms with Crippen molar-refractivity contribution in [1.29, 1.82) is 0 Å². The summed E-state index contributed by atoms with van der Waals surface area (Å²) in [5.74, 6) is 4.80. The lowest BCUT2D eigenvalue weighted by Gasteiger charge is -2.07. The topological polar surface area (TPSA) is 129 Å². The molecule has 0 spiro atoms. The number of nitrogens with zero attached hydrogens (tertiary/aromatic N) is 3. The highest BCUT2D eigenvalue weighted by Gasteiger charge is 2.11. The number of nitrogens with two attached hydrogens (primary N) is 1. The van der Waals surface area contributed by atoms with Gasteiger partial charge in [-0.15, -0.1) is 10.2 Å². The van der Waals surface area contributed by atoms with Crippen molar-refractivity contribution in [1.82, 2.24) is 14.9 Å². The van der Waals surface area contributed by atoms with Gasteiger partial charge in [-0.1, -0.05) is 11.8 Å². The molecule has 1 amide bonds. The Balaban J connectivity index is 1.95. The van der Waals surface area contributed by atoms with Gasteiger partial charge in [0.15, 0.2) is 0 Å². The van der Waals surface area contributed by atoms with E-state index in [9.17, 15) is 14.4 Å². The second-order valence-corrected chi connectivity index (χ2v) is 5.59. The summed E-state index contributed by atoms with van der Waals surface area (Å²) >= 11 is 0.987. The lowest BCUT2D eigenvalue weighted by atomic mass is 10.2. The number of nitrogen functional groups attached to an aromatic ring is 1. The number of carbonyl (C=O) groups is 2. The van der Waals surface area contributed by atoms with Gasteiger partial charge in [0.25, 0.3) is 5.56 Å². The quantitative estimate of drug-likeness (QED) is 0.444. The van der Waals surface area contributed by atoms with E-state index in [0.29, 0.717) is 11.3 Å². The molecule has 10 heteroatoms. The van der Waals surface area contributed by atoms with E-state index in [1.807, 2.05) is 0 Å². The highest BCUT2D eigenvalue weighted by Crippen LogP contribution is 2.14. The van der Waals surface area contributed by atoms with E-state index in [1.165, 1.54) is 26.2 Å². The van der Waals surface area contributed by atoms with Gasteiger partial charge in [-0.05, 0) is 31.2 Å². The zero-order valence-electron chi connectivity index (χ0n) is 13.0. The van der Waals surface area contributed by atoms with Crippen molar-refractivity contribution in [2.24, 2.45) is 0 Å². The molecule has 0 radical (unpaired) electrons. The molecule has 0 atom stereocenters. The smallest absolute Gasteiger partial charge is 0.337 e. The van der Waals surface area contributed by atoms with Gasteiger partial charge in [0.1, 0.15) is 5.69 Å². The van der Waals surface area contributed by atoms with Crippen LogP contribution in [0, 0.1) is 6.92 Å². The molecule has 1 heterocycles. The summed E-state index contributed by atoms with van der Waals surface area (Å²) in [7, 11) is 1.29. The first kappa shape index (κ1) is 17.5. The van der Waals surface area contributed by atoms with Gasteiger partial charge in [-0.25, -0.2) is 4.79 Å². The molecular formula is C14H15N5O4S. The highest BCUT2D eigenvalue weighted by atomic mass is 32.2. The molecule has 9 nitrogen and oxygen atoms in total. The molecule has 0 unspecified atom stereocenters. The molecule has 24 heavy (non-hydrogen) atoms. The van der Waals surface area contributed by atoms with E-state index < -0.39 is 11.5 Å². The average Bonchev–Trinajstić information content (AvgIpc) is 2.59. The third-order valence-corrected chi connectivity index (χ3v) is 3.89. The molecule has 126 valence electrons. The number of benzene rings is 1. The van der Waals surface area contributed by atoms with Gasteiger partial charge < -0.3 is 15.9 Å². The summed E-state index contributed by atoms with van der Waals surface area (Å²) in [5, 5.41) is 10.2. The fourth-order valence-corrected chi connectivity index (χ4v) is 2.36. The van der Waals surface area contributed by atoms with Crippen LogP contribution in [-0.4, -0.2) is 39.6 Å². The number of aromatic nitrogens is 3. The van der Waals surface area contributed by atoms with E-state index in [-0.39, 0.29) is 22.5 Å². The van der Waals surface area contributed by atoms with Crippen LogP contribution in [0.4, 0.5) is 5.69 Å². The number of aryl methyl sites for hydroxylation is 1. The third kappa shape index (κ3) is 4.10. The predicted octanol–water partition coefficient (Wildman–Crippen LogP) is 0.178. The van der Waals surface area contributed by atoms with Crippen LogP contribution in [0.1, 0.15) is 16.1 Å². The molecule has 1 aromatic carbocycles. The van der Waals surface area contributed by atoms with Crippen LogP contribution >= 0.6 is 11.8 Å². The summed E-state index contributed by atoms with van der Waals surface area (Å²) < 4.78 is 5.44. The Hall–Kier alpha value is -2.88. The van der Waals surface area contributed by atoms with E-state index in [1.54, 1.807) is 12.1 Å². The summed E-state index contributed by atoms with van der Waals surface area (Å²) in [5.41, 5.74) is 0.614. The van der Waals surface area contributed by atoms with Crippen LogP contribution in [-0.2, 0) is 9.53 Å². The van der Waals surface area contributed by atoms with Gasteiger partial charge in [0.2, 0.25) is 11.1 Å². The molecule has 0 fully saturated rings. The Bertz CT molecular complexity index is 819. The Kier molecular flexibility index (Phi) is 5.53. The highest BCUT2D eigenvalue weighted by molar-refractivity contribution is 7.99. The monoisotopic (exact) mass is 349 g/mol. The van der Waals surface area contributed by atoms with Gasteiger partial charge in [0.05, 0.1) is 18.4 Å². The van der Waals surface area contributed by atoms with Crippen molar-refractivity contribution in [3.8, 4) is 0 Å². The van der Waals surface area contributed by atoms with Gasteiger partial charge >= 0.3 is 5.97 Å². The number of methoxy groups -OCH3 is 1. The second kappa shape index (κ2) is 7.59. The zero-order valence-corrected chi connectivity index (χ0v) is 13.8. The second-order valence-electron chi connectivity index (χ2n) is 4.65. The van der Waals surface area contributed by atoms with Crippen LogP contribution in [0.25, 0.3) is 0 Å². The number of nitrogens with one attached hydrogen (secondary N) is 1. The molecule has 0 saturated carbocycles. The molecule has 2 aromatic rings. The summed E-state index contributed by atoms with van der Waals surface area (Å²) in [4.78, 5) is 34.9. The number of hydrogen-bond donors (Lipinski definition) is 2. The molecule has 0 aliphatic carbocycles. The molecule has 0 aliphatic rings. The predicted molar refractivity (Wildman–Crippen MR) is 88.3 cm³/mol. The number of ether oxygens (including phenoxy) is 1. The van der Waals surface area contributed by atoms with Crippen LogP contribution in [0.5, 0.6) is 0 Å². The molecule has 3 N–H and O–H groups in total. The van der Waals surface area contributed by atoms with Crippen molar-refractivity contribution in [2.45, 2.75) is 12.1 Å². The van der Waals surface area contributed by atoms with E-state index in [2.05, 4.69) is 20.3 Å². The van der Waals surface area contributed by atoms with E-state index >= 15 is 0 Å². The number of thioether (sulfide) groups is 1. The largest absolute Gasteiger partial charge is 0.465 e. The SMILES string of the molecule is COC(=O)c1ccc(NC(=O)CSc2nnc(C)c(=O)n2N)cc1. The molecule has 0 saturated heterocycles. The maximum Gasteiger partial charge on any atom is 0.337 e. The van der Waals surface area contributed by atoms with Crippen molar-refractivity contribution in [3.63, 3.8) is 0 Å². The Morgan fingerprint density at radius 3 is 2.58 bits per heavy atom. The summed E-state index contributed by atoms with van der Waals surface area (Å²) in [6, 6.07) is 6.24. The normalized spacial score (nSPS) is 10.2. The minimum atomic E-state index is -0.466. The minimum absolute atomic E-state index is 0.00681. The van der Waals surface area contributed by atoms with Crippen LogP contribution in [0.15, 0.2) is 34.2 Å². The summed E-state index contributed by atoms with van der Waals surface area (Å²) in [6.07, 6.45) is 0. The first-order valence-corrected chi connectivity index (χ1v) is 7.73. The van der Waals surface area contributed by atoms with Gasteiger partial charge in [-0.2, -0.15) is 4.68 Å². The van der Waals surface area contributed by atoms with Gasteiger partial charge in [0, 0.05) is 5.69 Å². The lowest BCUT2D eigenvalue weighted by Crippen LogP contribution is -2.32. The number of anilines is 1.